The summed E-state index contributed by atoms with van der Waals surface area (Å²) >= 11 is 0. The van der Waals surface area contributed by atoms with Gasteiger partial charge in [0.2, 0.25) is 0 Å². The molecule has 16 heavy (non-hydrogen) atoms. The van der Waals surface area contributed by atoms with Crippen LogP contribution in [-0.2, 0) is 7.05 Å². The van der Waals surface area contributed by atoms with Crippen LogP contribution in [0.15, 0.2) is 24.4 Å². The van der Waals surface area contributed by atoms with Gasteiger partial charge in [0.15, 0.2) is 0 Å². The first-order valence-electron chi connectivity index (χ1n) is 5.27. The highest BCUT2D eigenvalue weighted by Crippen LogP contribution is 2.20. The third-order valence-electron chi connectivity index (χ3n) is 2.65. The number of pyridine rings is 1. The summed E-state index contributed by atoms with van der Waals surface area (Å²) in [6, 6.07) is 5.74. The van der Waals surface area contributed by atoms with Gasteiger partial charge in [-0.25, -0.2) is 0 Å². The highest BCUT2D eigenvalue weighted by molar-refractivity contribution is 5.30. The molecular weight excluding hydrogens is 200 g/mol. The van der Waals surface area contributed by atoms with Crippen molar-refractivity contribution < 1.29 is 0 Å². The lowest BCUT2D eigenvalue weighted by molar-refractivity contribution is 0.712. The molecule has 4 nitrogen and oxygen atoms in total. The molecule has 2 rings (SSSR count). The van der Waals surface area contributed by atoms with Gasteiger partial charge >= 0.3 is 0 Å². The van der Waals surface area contributed by atoms with E-state index in [0.29, 0.717) is 0 Å². The molecular formula is C12H16N4. The van der Waals surface area contributed by atoms with Crippen LogP contribution in [0.25, 0.3) is 0 Å². The van der Waals surface area contributed by atoms with Gasteiger partial charge in [0, 0.05) is 24.6 Å². The van der Waals surface area contributed by atoms with E-state index in [1.165, 1.54) is 0 Å². The summed E-state index contributed by atoms with van der Waals surface area (Å²) in [6.45, 7) is 3.95. The lowest BCUT2D eigenvalue weighted by atomic mass is 10.0. The van der Waals surface area contributed by atoms with Crippen LogP contribution in [0.3, 0.4) is 0 Å². The number of rotatable bonds is 2. The Morgan fingerprint density at radius 2 is 2.00 bits per heavy atom. The Balaban J connectivity index is 2.37. The van der Waals surface area contributed by atoms with E-state index in [4.69, 9.17) is 5.73 Å². The molecule has 0 aliphatic carbocycles. The summed E-state index contributed by atoms with van der Waals surface area (Å²) < 4.78 is 1.76. The Morgan fingerprint density at radius 3 is 2.56 bits per heavy atom. The van der Waals surface area contributed by atoms with E-state index in [1.54, 1.807) is 4.68 Å². The average molecular weight is 216 g/mol. The van der Waals surface area contributed by atoms with Gasteiger partial charge in [-0.15, -0.1) is 0 Å². The molecule has 4 heteroatoms. The standard InChI is InChI=1S/C12H16N4/c1-8-4-5-10(9(2)14-8)12(13)11-6-7-16(3)15-11/h4-7,12H,13H2,1-3H3. The van der Waals surface area contributed by atoms with E-state index in [0.717, 1.165) is 22.6 Å². The summed E-state index contributed by atoms with van der Waals surface area (Å²) in [5, 5.41) is 4.31. The van der Waals surface area contributed by atoms with Gasteiger partial charge < -0.3 is 5.73 Å². The molecule has 0 saturated carbocycles. The molecule has 1 unspecified atom stereocenters. The highest BCUT2D eigenvalue weighted by Gasteiger charge is 2.14. The number of aryl methyl sites for hydroxylation is 3. The Hall–Kier alpha value is -1.68. The second kappa shape index (κ2) is 4.06. The molecule has 2 aromatic rings. The number of hydrogen-bond acceptors (Lipinski definition) is 3. The number of hydrogen-bond donors (Lipinski definition) is 1. The van der Waals surface area contributed by atoms with E-state index in [1.807, 2.05) is 45.3 Å². The molecule has 0 radical (unpaired) electrons. The monoisotopic (exact) mass is 216 g/mol. The molecule has 1 atom stereocenters. The molecule has 2 aromatic heterocycles. The maximum Gasteiger partial charge on any atom is 0.0837 e. The normalized spacial score (nSPS) is 12.8. The third kappa shape index (κ3) is 1.97. The van der Waals surface area contributed by atoms with Crippen LogP contribution >= 0.6 is 0 Å². The van der Waals surface area contributed by atoms with Crippen LogP contribution in [0.4, 0.5) is 0 Å². The van der Waals surface area contributed by atoms with Crippen molar-refractivity contribution in [3.05, 3.63) is 47.0 Å². The fourth-order valence-corrected chi connectivity index (χ4v) is 1.78. The lowest BCUT2D eigenvalue weighted by Gasteiger charge is -2.12. The molecule has 0 spiro atoms. The topological polar surface area (TPSA) is 56.7 Å². The van der Waals surface area contributed by atoms with Crippen LogP contribution in [0.2, 0.25) is 0 Å². The second-order valence-electron chi connectivity index (χ2n) is 4.02. The van der Waals surface area contributed by atoms with Crippen molar-refractivity contribution in [3.8, 4) is 0 Å². The maximum absolute atomic E-state index is 6.16. The van der Waals surface area contributed by atoms with Gasteiger partial charge in [-0.05, 0) is 31.5 Å². The van der Waals surface area contributed by atoms with Crippen LogP contribution in [0.5, 0.6) is 0 Å². The van der Waals surface area contributed by atoms with Crippen molar-refractivity contribution in [2.45, 2.75) is 19.9 Å². The fraction of sp³-hybridized carbons (Fsp3) is 0.333. The van der Waals surface area contributed by atoms with Gasteiger partial charge in [-0.2, -0.15) is 5.10 Å². The van der Waals surface area contributed by atoms with Crippen LogP contribution in [0, 0.1) is 13.8 Å². The van der Waals surface area contributed by atoms with Gasteiger partial charge in [0.25, 0.3) is 0 Å². The summed E-state index contributed by atoms with van der Waals surface area (Å²) in [5.74, 6) is 0. The molecule has 84 valence electrons. The van der Waals surface area contributed by atoms with Crippen molar-refractivity contribution >= 4 is 0 Å². The molecule has 2 heterocycles. The zero-order valence-electron chi connectivity index (χ0n) is 9.81. The van der Waals surface area contributed by atoms with Gasteiger partial charge in [-0.3, -0.25) is 9.67 Å². The maximum atomic E-state index is 6.16. The fourth-order valence-electron chi connectivity index (χ4n) is 1.78. The summed E-state index contributed by atoms with van der Waals surface area (Å²) in [7, 11) is 1.89. The first-order valence-corrected chi connectivity index (χ1v) is 5.27. The van der Waals surface area contributed by atoms with E-state index in [9.17, 15) is 0 Å². The Morgan fingerprint density at radius 1 is 1.25 bits per heavy atom. The number of aromatic nitrogens is 3. The summed E-state index contributed by atoms with van der Waals surface area (Å²) in [4.78, 5) is 4.41. The molecule has 2 N–H and O–H groups in total. The lowest BCUT2D eigenvalue weighted by Crippen LogP contribution is -2.15. The third-order valence-corrected chi connectivity index (χ3v) is 2.65. The first-order chi connectivity index (χ1) is 7.58. The second-order valence-corrected chi connectivity index (χ2v) is 4.02. The highest BCUT2D eigenvalue weighted by atomic mass is 15.3. The summed E-state index contributed by atoms with van der Waals surface area (Å²) in [5.41, 5.74) is 10.0. The minimum atomic E-state index is -0.200. The minimum absolute atomic E-state index is 0.200. The minimum Gasteiger partial charge on any atom is -0.319 e. The van der Waals surface area contributed by atoms with E-state index >= 15 is 0 Å². The van der Waals surface area contributed by atoms with E-state index < -0.39 is 0 Å². The zero-order chi connectivity index (χ0) is 11.7. The molecule has 0 amide bonds. The average Bonchev–Trinajstić information content (AvgIpc) is 2.64. The Labute approximate surface area is 95.1 Å². The van der Waals surface area contributed by atoms with E-state index in [2.05, 4.69) is 10.1 Å². The van der Waals surface area contributed by atoms with Crippen LogP contribution in [0.1, 0.15) is 28.7 Å². The SMILES string of the molecule is Cc1ccc(C(N)c2ccn(C)n2)c(C)n1. The number of nitrogens with two attached hydrogens (primary N) is 1. The molecule has 0 aromatic carbocycles. The largest absolute Gasteiger partial charge is 0.319 e. The predicted octanol–water partition coefficient (Wildman–Crippen LogP) is 1.48. The smallest absolute Gasteiger partial charge is 0.0837 e. The quantitative estimate of drug-likeness (QED) is 0.827. The summed E-state index contributed by atoms with van der Waals surface area (Å²) in [6.07, 6.45) is 1.89. The van der Waals surface area contributed by atoms with Crippen molar-refractivity contribution in [2.75, 3.05) is 0 Å². The Bertz CT molecular complexity index is 501. The van der Waals surface area contributed by atoms with Gasteiger partial charge in [-0.1, -0.05) is 6.07 Å². The van der Waals surface area contributed by atoms with Crippen LogP contribution in [-0.4, -0.2) is 14.8 Å². The van der Waals surface area contributed by atoms with Crippen molar-refractivity contribution in [3.63, 3.8) is 0 Å². The molecule has 0 aliphatic rings. The van der Waals surface area contributed by atoms with Gasteiger partial charge in [0.1, 0.15) is 0 Å². The van der Waals surface area contributed by atoms with Crippen LogP contribution < -0.4 is 5.73 Å². The van der Waals surface area contributed by atoms with Gasteiger partial charge in [0.05, 0.1) is 11.7 Å². The first kappa shape index (κ1) is 10.8. The molecule has 0 bridgehead atoms. The Kier molecular flexibility index (Phi) is 2.75. The predicted molar refractivity (Wildman–Crippen MR) is 62.9 cm³/mol. The molecule has 0 fully saturated rings. The van der Waals surface area contributed by atoms with E-state index in [-0.39, 0.29) is 6.04 Å². The zero-order valence-corrected chi connectivity index (χ0v) is 9.81. The van der Waals surface area contributed by atoms with Crippen molar-refractivity contribution in [2.24, 2.45) is 12.8 Å². The van der Waals surface area contributed by atoms with Crippen molar-refractivity contribution in [1.82, 2.24) is 14.8 Å². The molecule has 0 saturated heterocycles. The molecule has 0 aliphatic heterocycles. The van der Waals surface area contributed by atoms with Crippen molar-refractivity contribution in [1.29, 1.82) is 0 Å². The number of nitrogens with zero attached hydrogens (tertiary/aromatic N) is 3.